The lowest BCUT2D eigenvalue weighted by atomic mass is 9.96. The quantitative estimate of drug-likeness (QED) is 0.364. The number of rotatable bonds is 11. The van der Waals surface area contributed by atoms with Gasteiger partial charge < -0.3 is 29.7 Å². The Hall–Kier alpha value is -3.55. The summed E-state index contributed by atoms with van der Waals surface area (Å²) in [6.45, 7) is 5.67. The molecule has 1 aliphatic rings. The van der Waals surface area contributed by atoms with Crippen molar-refractivity contribution >= 4 is 5.97 Å². The highest BCUT2D eigenvalue weighted by Crippen LogP contribution is 2.32. The zero-order valence-corrected chi connectivity index (χ0v) is 20.7. The molecule has 0 saturated carbocycles. The monoisotopic (exact) mass is 491 g/mol. The second kappa shape index (κ2) is 11.9. The third-order valence-corrected chi connectivity index (χ3v) is 6.14. The van der Waals surface area contributed by atoms with Gasteiger partial charge in [0.25, 0.3) is 0 Å². The molecule has 0 amide bonds. The lowest BCUT2D eigenvalue weighted by molar-refractivity contribution is 0.0697. The van der Waals surface area contributed by atoms with Gasteiger partial charge in [-0.1, -0.05) is 24.3 Å². The Morgan fingerprint density at radius 2 is 1.83 bits per heavy atom. The van der Waals surface area contributed by atoms with Crippen molar-refractivity contribution in [2.24, 2.45) is 0 Å². The SMILES string of the molecule is CCOc1cc(C)ccc1OCC(O)CNCC1CCc2cc(-c3ccc(C(=O)O)cc3)ccc2O1. The highest BCUT2D eigenvalue weighted by molar-refractivity contribution is 5.88. The third-order valence-electron chi connectivity index (χ3n) is 6.14. The Kier molecular flexibility index (Phi) is 8.46. The predicted octanol–water partition coefficient (Wildman–Crippen LogP) is 4.48. The first-order valence-electron chi connectivity index (χ1n) is 12.3. The number of benzene rings is 3. The van der Waals surface area contributed by atoms with E-state index in [0.29, 0.717) is 31.2 Å². The standard InChI is InChI=1S/C29H33NO6/c1-3-34-28-14-19(2)4-12-27(28)35-18-24(31)16-30-17-25-11-9-23-15-22(10-13-26(23)36-25)20-5-7-21(8-6-20)29(32)33/h4-8,10,12-15,24-25,30-31H,3,9,11,16-18H2,1-2H3,(H,32,33). The van der Waals surface area contributed by atoms with Gasteiger partial charge in [0.1, 0.15) is 24.6 Å². The zero-order valence-electron chi connectivity index (χ0n) is 20.7. The van der Waals surface area contributed by atoms with E-state index in [1.165, 1.54) is 0 Å². The van der Waals surface area contributed by atoms with Crippen LogP contribution in [0.2, 0.25) is 0 Å². The fourth-order valence-electron chi connectivity index (χ4n) is 4.23. The highest BCUT2D eigenvalue weighted by Gasteiger charge is 2.20. The third kappa shape index (κ3) is 6.56. The summed E-state index contributed by atoms with van der Waals surface area (Å²) in [6, 6.07) is 18.7. The normalized spacial score (nSPS) is 15.5. The Morgan fingerprint density at radius 3 is 2.58 bits per heavy atom. The van der Waals surface area contributed by atoms with Gasteiger partial charge in [-0.15, -0.1) is 0 Å². The maximum atomic E-state index is 11.1. The molecule has 3 N–H and O–H groups in total. The van der Waals surface area contributed by atoms with Gasteiger partial charge in [0, 0.05) is 13.1 Å². The lowest BCUT2D eigenvalue weighted by Crippen LogP contribution is -2.39. The van der Waals surface area contributed by atoms with Gasteiger partial charge in [0.15, 0.2) is 11.5 Å². The Labute approximate surface area is 211 Å². The second-order valence-electron chi connectivity index (χ2n) is 8.99. The van der Waals surface area contributed by atoms with E-state index in [-0.39, 0.29) is 18.3 Å². The predicted molar refractivity (Wildman–Crippen MR) is 138 cm³/mol. The van der Waals surface area contributed by atoms with E-state index in [4.69, 9.17) is 19.3 Å². The minimum Gasteiger partial charge on any atom is -0.490 e. The molecule has 2 unspecified atom stereocenters. The number of carbonyl (C=O) groups is 1. The molecule has 4 rings (SSSR count). The topological polar surface area (TPSA) is 97.2 Å². The van der Waals surface area contributed by atoms with Gasteiger partial charge in [-0.25, -0.2) is 4.79 Å². The molecule has 2 atom stereocenters. The van der Waals surface area contributed by atoms with Crippen molar-refractivity contribution in [2.45, 2.75) is 38.9 Å². The summed E-state index contributed by atoms with van der Waals surface area (Å²) < 4.78 is 17.6. The van der Waals surface area contributed by atoms with Crippen LogP contribution in [0, 0.1) is 6.92 Å². The Morgan fingerprint density at radius 1 is 1.06 bits per heavy atom. The van der Waals surface area contributed by atoms with Crippen LogP contribution in [0.1, 0.15) is 34.8 Å². The first-order valence-corrected chi connectivity index (χ1v) is 12.3. The number of hydrogen-bond acceptors (Lipinski definition) is 6. The van der Waals surface area contributed by atoms with Crippen molar-refractivity contribution in [2.75, 3.05) is 26.3 Å². The van der Waals surface area contributed by atoms with Gasteiger partial charge >= 0.3 is 5.97 Å². The molecular formula is C29H33NO6. The van der Waals surface area contributed by atoms with Crippen LogP contribution in [0.5, 0.6) is 17.2 Å². The van der Waals surface area contributed by atoms with E-state index in [1.807, 2.05) is 56.3 Å². The van der Waals surface area contributed by atoms with Crippen LogP contribution < -0.4 is 19.5 Å². The maximum Gasteiger partial charge on any atom is 0.335 e. The van der Waals surface area contributed by atoms with E-state index in [9.17, 15) is 9.90 Å². The number of nitrogens with one attached hydrogen (secondary N) is 1. The molecule has 0 aliphatic carbocycles. The molecule has 190 valence electrons. The smallest absolute Gasteiger partial charge is 0.335 e. The molecule has 3 aromatic rings. The zero-order chi connectivity index (χ0) is 25.5. The second-order valence-corrected chi connectivity index (χ2v) is 8.99. The van der Waals surface area contributed by atoms with Crippen molar-refractivity contribution in [1.82, 2.24) is 5.32 Å². The number of fused-ring (bicyclic) bond motifs is 1. The number of carboxylic acid groups (broad SMARTS) is 1. The first kappa shape index (κ1) is 25.5. The van der Waals surface area contributed by atoms with Gasteiger partial charge in [-0.2, -0.15) is 0 Å². The minimum absolute atomic E-state index is 0.0213. The van der Waals surface area contributed by atoms with E-state index in [1.54, 1.807) is 12.1 Å². The summed E-state index contributed by atoms with van der Waals surface area (Å²) in [5.74, 6) is 1.26. The van der Waals surface area contributed by atoms with Gasteiger partial charge in [0.05, 0.1) is 12.2 Å². The average molecular weight is 492 g/mol. The largest absolute Gasteiger partial charge is 0.490 e. The summed E-state index contributed by atoms with van der Waals surface area (Å²) in [4.78, 5) is 11.1. The van der Waals surface area contributed by atoms with Crippen LogP contribution >= 0.6 is 0 Å². The summed E-state index contributed by atoms with van der Waals surface area (Å²) in [6.07, 6.45) is 1.12. The summed E-state index contributed by atoms with van der Waals surface area (Å²) in [5.41, 5.74) is 4.52. The number of aryl methyl sites for hydroxylation is 2. The molecule has 36 heavy (non-hydrogen) atoms. The molecule has 0 bridgehead atoms. The Balaban J connectivity index is 1.24. The fraction of sp³-hybridized carbons (Fsp3) is 0.345. The number of aliphatic hydroxyl groups excluding tert-OH is 1. The molecule has 0 aromatic heterocycles. The lowest BCUT2D eigenvalue weighted by Gasteiger charge is -2.27. The number of ether oxygens (including phenoxy) is 3. The number of aromatic carboxylic acids is 1. The molecule has 7 nitrogen and oxygen atoms in total. The van der Waals surface area contributed by atoms with Crippen molar-refractivity contribution < 1.29 is 29.2 Å². The summed E-state index contributed by atoms with van der Waals surface area (Å²) >= 11 is 0. The number of aliphatic hydroxyl groups is 1. The molecule has 0 spiro atoms. The van der Waals surface area contributed by atoms with Crippen LogP contribution in [0.4, 0.5) is 0 Å². The first-order chi connectivity index (χ1) is 17.4. The molecule has 0 fully saturated rings. The maximum absolute atomic E-state index is 11.1. The summed E-state index contributed by atoms with van der Waals surface area (Å²) in [5, 5.41) is 22.7. The van der Waals surface area contributed by atoms with E-state index >= 15 is 0 Å². The van der Waals surface area contributed by atoms with Crippen LogP contribution in [-0.4, -0.2) is 54.7 Å². The van der Waals surface area contributed by atoms with Crippen molar-refractivity contribution in [3.63, 3.8) is 0 Å². The van der Waals surface area contributed by atoms with Crippen LogP contribution in [0.25, 0.3) is 11.1 Å². The summed E-state index contributed by atoms with van der Waals surface area (Å²) in [7, 11) is 0. The highest BCUT2D eigenvalue weighted by atomic mass is 16.5. The van der Waals surface area contributed by atoms with Crippen molar-refractivity contribution in [1.29, 1.82) is 0 Å². The average Bonchev–Trinajstić information content (AvgIpc) is 2.88. The fourth-order valence-corrected chi connectivity index (χ4v) is 4.23. The number of carboxylic acids is 1. The van der Waals surface area contributed by atoms with E-state index < -0.39 is 12.1 Å². The van der Waals surface area contributed by atoms with Gasteiger partial charge in [-0.3, -0.25) is 0 Å². The molecule has 1 heterocycles. The van der Waals surface area contributed by atoms with Crippen molar-refractivity contribution in [3.8, 4) is 28.4 Å². The van der Waals surface area contributed by atoms with Gasteiger partial charge in [-0.05, 0) is 85.3 Å². The molecule has 7 heteroatoms. The minimum atomic E-state index is -0.929. The molecule has 3 aromatic carbocycles. The van der Waals surface area contributed by atoms with Crippen LogP contribution in [-0.2, 0) is 6.42 Å². The molecule has 0 radical (unpaired) electrons. The van der Waals surface area contributed by atoms with Crippen molar-refractivity contribution in [3.05, 3.63) is 77.4 Å². The molecule has 0 saturated heterocycles. The molecule has 1 aliphatic heterocycles. The van der Waals surface area contributed by atoms with Crippen LogP contribution in [0.3, 0.4) is 0 Å². The van der Waals surface area contributed by atoms with Gasteiger partial charge in [0.2, 0.25) is 0 Å². The molecular weight excluding hydrogens is 458 g/mol. The van der Waals surface area contributed by atoms with E-state index in [2.05, 4.69) is 11.4 Å². The Bertz CT molecular complexity index is 1180. The van der Waals surface area contributed by atoms with Crippen LogP contribution in [0.15, 0.2) is 60.7 Å². The van der Waals surface area contributed by atoms with E-state index in [0.717, 1.165) is 40.8 Å². The number of hydrogen-bond donors (Lipinski definition) is 3.